The molecule has 1 amide bonds. The highest BCUT2D eigenvalue weighted by Gasteiger charge is 2.58. The molecule has 0 saturated heterocycles. The van der Waals surface area contributed by atoms with E-state index in [0.29, 0.717) is 6.42 Å². The highest BCUT2D eigenvalue weighted by atomic mass is 32.1. The van der Waals surface area contributed by atoms with Gasteiger partial charge in [0.25, 0.3) is 0 Å². The van der Waals surface area contributed by atoms with Gasteiger partial charge in [-0.2, -0.15) is 0 Å². The Morgan fingerprint density at radius 1 is 1.55 bits per heavy atom. The lowest BCUT2D eigenvalue weighted by atomic mass is 9.56. The van der Waals surface area contributed by atoms with Crippen LogP contribution in [0, 0.1) is 5.41 Å². The van der Waals surface area contributed by atoms with Crippen LogP contribution in [0.1, 0.15) is 45.0 Å². The zero-order chi connectivity index (χ0) is 14.8. The Balaban J connectivity index is 1.73. The Bertz CT molecular complexity index is 458. The SMILES string of the molecule is CO[C@@]1(C)C[C@@H](NC(=O)CCCc2nccs2)C1(C)C. The largest absolute Gasteiger partial charge is 0.378 e. The fraction of sp³-hybridized carbons (Fsp3) is 0.733. The summed E-state index contributed by atoms with van der Waals surface area (Å²) in [5.41, 5.74) is -0.154. The van der Waals surface area contributed by atoms with Crippen LogP contribution in [0.5, 0.6) is 0 Å². The molecule has 0 radical (unpaired) electrons. The minimum Gasteiger partial charge on any atom is -0.378 e. The molecule has 1 aromatic rings. The van der Waals surface area contributed by atoms with Crippen LogP contribution in [0.25, 0.3) is 0 Å². The van der Waals surface area contributed by atoms with E-state index in [-0.39, 0.29) is 23.0 Å². The zero-order valence-electron chi connectivity index (χ0n) is 12.7. The Hall–Kier alpha value is -0.940. The van der Waals surface area contributed by atoms with E-state index in [2.05, 4.69) is 31.1 Å². The van der Waals surface area contributed by atoms with E-state index in [9.17, 15) is 4.79 Å². The van der Waals surface area contributed by atoms with Crippen molar-refractivity contribution in [1.29, 1.82) is 0 Å². The van der Waals surface area contributed by atoms with E-state index in [4.69, 9.17) is 4.74 Å². The van der Waals surface area contributed by atoms with Crippen molar-refractivity contribution in [2.45, 2.75) is 58.1 Å². The normalized spacial score (nSPS) is 27.9. The molecule has 1 saturated carbocycles. The highest BCUT2D eigenvalue weighted by molar-refractivity contribution is 7.09. The van der Waals surface area contributed by atoms with Crippen LogP contribution in [-0.2, 0) is 16.0 Å². The maximum atomic E-state index is 12.0. The molecule has 112 valence electrons. The lowest BCUT2D eigenvalue weighted by Crippen LogP contribution is -2.68. The molecule has 1 N–H and O–H groups in total. The Morgan fingerprint density at radius 3 is 2.85 bits per heavy atom. The molecule has 0 aromatic carbocycles. The molecule has 1 aromatic heterocycles. The van der Waals surface area contributed by atoms with Crippen LogP contribution >= 0.6 is 11.3 Å². The van der Waals surface area contributed by atoms with Gasteiger partial charge in [0, 0.05) is 36.6 Å². The maximum Gasteiger partial charge on any atom is 0.220 e. The number of nitrogens with one attached hydrogen (secondary N) is 1. The molecule has 0 bridgehead atoms. The molecule has 1 fully saturated rings. The van der Waals surface area contributed by atoms with Gasteiger partial charge in [0.05, 0.1) is 10.6 Å². The first-order chi connectivity index (χ1) is 9.39. The fourth-order valence-corrected chi connectivity index (χ4v) is 3.43. The monoisotopic (exact) mass is 296 g/mol. The summed E-state index contributed by atoms with van der Waals surface area (Å²) in [7, 11) is 1.74. The number of aryl methyl sites for hydroxylation is 1. The number of hydrogen-bond acceptors (Lipinski definition) is 4. The average Bonchev–Trinajstić information content (AvgIpc) is 2.91. The lowest BCUT2D eigenvalue weighted by Gasteiger charge is -2.59. The van der Waals surface area contributed by atoms with Gasteiger partial charge < -0.3 is 10.1 Å². The first-order valence-corrected chi connectivity index (χ1v) is 8.00. The molecule has 5 heteroatoms. The average molecular weight is 296 g/mol. The third-order valence-corrected chi connectivity index (χ3v) is 5.73. The zero-order valence-corrected chi connectivity index (χ0v) is 13.5. The number of nitrogens with zero attached hydrogens (tertiary/aromatic N) is 1. The number of hydrogen-bond donors (Lipinski definition) is 1. The molecule has 20 heavy (non-hydrogen) atoms. The van der Waals surface area contributed by atoms with Crippen molar-refractivity contribution in [3.63, 3.8) is 0 Å². The van der Waals surface area contributed by atoms with Crippen molar-refractivity contribution in [2.24, 2.45) is 5.41 Å². The fourth-order valence-electron chi connectivity index (χ4n) is 2.77. The second-order valence-electron chi connectivity index (χ2n) is 6.26. The topological polar surface area (TPSA) is 51.2 Å². The van der Waals surface area contributed by atoms with Crippen molar-refractivity contribution < 1.29 is 9.53 Å². The third-order valence-electron chi connectivity index (χ3n) is 4.89. The van der Waals surface area contributed by atoms with E-state index in [1.165, 1.54) is 0 Å². The van der Waals surface area contributed by atoms with Crippen LogP contribution in [0.4, 0.5) is 0 Å². The van der Waals surface area contributed by atoms with Gasteiger partial charge in [-0.25, -0.2) is 4.98 Å². The highest BCUT2D eigenvalue weighted by Crippen LogP contribution is 2.51. The molecule has 1 aliphatic rings. The smallest absolute Gasteiger partial charge is 0.220 e. The van der Waals surface area contributed by atoms with Crippen molar-refractivity contribution in [3.8, 4) is 0 Å². The summed E-state index contributed by atoms with van der Waals surface area (Å²) in [4.78, 5) is 16.2. The second-order valence-corrected chi connectivity index (χ2v) is 7.24. The number of thiazole rings is 1. The van der Waals surface area contributed by atoms with Gasteiger partial charge in [0.15, 0.2) is 0 Å². The van der Waals surface area contributed by atoms with Crippen LogP contribution in [0.3, 0.4) is 0 Å². The molecular weight excluding hydrogens is 272 g/mol. The Kier molecular flexibility index (Phi) is 4.49. The quantitative estimate of drug-likeness (QED) is 0.878. The number of carbonyl (C=O) groups excluding carboxylic acids is 1. The van der Waals surface area contributed by atoms with Gasteiger partial charge >= 0.3 is 0 Å². The van der Waals surface area contributed by atoms with Crippen LogP contribution < -0.4 is 5.32 Å². The Morgan fingerprint density at radius 2 is 2.30 bits per heavy atom. The number of rotatable bonds is 6. The minimum atomic E-state index is -0.133. The van der Waals surface area contributed by atoms with Crippen molar-refractivity contribution >= 4 is 17.2 Å². The maximum absolute atomic E-state index is 12.0. The summed E-state index contributed by atoms with van der Waals surface area (Å²) < 4.78 is 5.57. The minimum absolute atomic E-state index is 0.0211. The number of amides is 1. The predicted molar refractivity (Wildman–Crippen MR) is 80.8 cm³/mol. The summed E-state index contributed by atoms with van der Waals surface area (Å²) in [6.45, 7) is 6.42. The van der Waals surface area contributed by atoms with Crippen molar-refractivity contribution in [1.82, 2.24) is 10.3 Å². The van der Waals surface area contributed by atoms with Gasteiger partial charge in [-0.15, -0.1) is 11.3 Å². The molecule has 2 rings (SSSR count). The van der Waals surface area contributed by atoms with E-state index in [1.54, 1.807) is 18.4 Å². The molecule has 0 spiro atoms. The predicted octanol–water partition coefficient (Wildman–Crippen LogP) is 2.79. The van der Waals surface area contributed by atoms with Gasteiger partial charge in [-0.1, -0.05) is 13.8 Å². The van der Waals surface area contributed by atoms with Gasteiger partial charge in [-0.3, -0.25) is 4.79 Å². The van der Waals surface area contributed by atoms with Gasteiger partial charge in [0.2, 0.25) is 5.91 Å². The molecular formula is C15H24N2O2S. The summed E-state index contributed by atoms with van der Waals surface area (Å²) in [5.74, 6) is 0.137. The van der Waals surface area contributed by atoms with Gasteiger partial charge in [0.1, 0.15) is 0 Å². The molecule has 2 atom stereocenters. The summed E-state index contributed by atoms with van der Waals surface area (Å²) in [5, 5.41) is 6.22. The molecule has 1 aliphatic carbocycles. The number of ether oxygens (including phenoxy) is 1. The standard InChI is InChI=1S/C15H24N2O2S/c1-14(2)11(10-15(14,3)19-4)17-12(18)6-5-7-13-16-8-9-20-13/h8-9,11H,5-7,10H2,1-4H3,(H,17,18)/t11-,15+/m1/s1. The third kappa shape index (κ3) is 2.88. The second kappa shape index (κ2) is 5.82. The Labute approximate surface area is 124 Å². The number of methoxy groups -OCH3 is 1. The lowest BCUT2D eigenvalue weighted by molar-refractivity contribution is -0.182. The van der Waals surface area contributed by atoms with Crippen LogP contribution in [0.2, 0.25) is 0 Å². The first kappa shape index (κ1) is 15.4. The molecule has 4 nitrogen and oxygen atoms in total. The number of carbonyl (C=O) groups is 1. The summed E-state index contributed by atoms with van der Waals surface area (Å²) >= 11 is 1.65. The van der Waals surface area contributed by atoms with Crippen molar-refractivity contribution in [3.05, 3.63) is 16.6 Å². The first-order valence-electron chi connectivity index (χ1n) is 7.12. The summed E-state index contributed by atoms with van der Waals surface area (Å²) in [6, 6.07) is 0.208. The summed E-state index contributed by atoms with van der Waals surface area (Å²) in [6.07, 6.45) is 5.00. The van der Waals surface area contributed by atoms with E-state index >= 15 is 0 Å². The van der Waals surface area contributed by atoms with E-state index < -0.39 is 0 Å². The molecule has 1 heterocycles. The van der Waals surface area contributed by atoms with Crippen LogP contribution in [-0.4, -0.2) is 29.6 Å². The van der Waals surface area contributed by atoms with Crippen LogP contribution in [0.15, 0.2) is 11.6 Å². The van der Waals surface area contributed by atoms with E-state index in [0.717, 1.165) is 24.3 Å². The molecule has 0 unspecified atom stereocenters. The van der Waals surface area contributed by atoms with Crippen molar-refractivity contribution in [2.75, 3.05) is 7.11 Å². The molecule has 0 aliphatic heterocycles. The van der Waals surface area contributed by atoms with E-state index in [1.807, 2.05) is 11.6 Å². The number of aromatic nitrogens is 1. The van der Waals surface area contributed by atoms with Gasteiger partial charge in [-0.05, 0) is 26.2 Å².